The Labute approximate surface area is 152 Å². The predicted molar refractivity (Wildman–Crippen MR) is 103 cm³/mol. The summed E-state index contributed by atoms with van der Waals surface area (Å²) in [6, 6.07) is 4.09. The van der Waals surface area contributed by atoms with Crippen LogP contribution in [-0.2, 0) is 22.4 Å². The van der Waals surface area contributed by atoms with Crippen molar-refractivity contribution < 1.29 is 9.59 Å². The number of nitrogens with one attached hydrogen (secondary N) is 1. The van der Waals surface area contributed by atoms with Gasteiger partial charge >= 0.3 is 0 Å². The fourth-order valence-corrected chi connectivity index (χ4v) is 3.11. The molecule has 0 amide bonds. The summed E-state index contributed by atoms with van der Waals surface area (Å²) in [5, 5.41) is 3.12. The molecule has 1 rings (SSSR count). The van der Waals surface area contributed by atoms with Crippen molar-refractivity contribution >= 4 is 11.6 Å². The van der Waals surface area contributed by atoms with Crippen molar-refractivity contribution in [3.63, 3.8) is 0 Å². The molecule has 140 valence electrons. The summed E-state index contributed by atoms with van der Waals surface area (Å²) in [6.07, 6.45) is 3.27. The van der Waals surface area contributed by atoms with Crippen LogP contribution in [0.1, 0.15) is 57.5 Å². The number of aromatic nitrogens is 1. The van der Waals surface area contributed by atoms with Gasteiger partial charge < -0.3 is 5.32 Å². The molecule has 0 aromatic carbocycles. The quantitative estimate of drug-likeness (QED) is 0.623. The van der Waals surface area contributed by atoms with E-state index in [0.717, 1.165) is 36.3 Å². The first-order chi connectivity index (χ1) is 11.7. The first kappa shape index (κ1) is 21.5. The monoisotopic (exact) mass is 346 g/mol. The molecule has 0 aliphatic rings. The Morgan fingerprint density at radius 1 is 1.04 bits per heavy atom. The Morgan fingerprint density at radius 3 is 2.12 bits per heavy atom. The lowest BCUT2D eigenvalue weighted by molar-refractivity contribution is -0.126. The number of ketones is 2. The van der Waals surface area contributed by atoms with Gasteiger partial charge in [0.05, 0.1) is 0 Å². The van der Waals surface area contributed by atoms with Crippen molar-refractivity contribution in [3.8, 4) is 0 Å². The van der Waals surface area contributed by atoms with Gasteiger partial charge in [-0.1, -0.05) is 20.8 Å². The zero-order chi connectivity index (χ0) is 19.0. The third-order valence-electron chi connectivity index (χ3n) is 4.84. The minimum atomic E-state index is -0.0306. The number of rotatable bonds is 11. The van der Waals surface area contributed by atoms with Crippen LogP contribution < -0.4 is 5.32 Å². The largest absolute Gasteiger partial charge is 0.320 e. The van der Waals surface area contributed by atoms with Crippen LogP contribution in [0.25, 0.3) is 0 Å². The minimum Gasteiger partial charge on any atom is -0.320 e. The molecule has 4 heteroatoms. The number of Topliss-reactive ketones (excluding diaryl/α,β-unsaturated/α-hetero) is 2. The summed E-state index contributed by atoms with van der Waals surface area (Å²) < 4.78 is 0. The summed E-state index contributed by atoms with van der Waals surface area (Å²) in [5.74, 6) is 0.539. The van der Waals surface area contributed by atoms with Crippen molar-refractivity contribution in [2.24, 2.45) is 17.8 Å². The van der Waals surface area contributed by atoms with Gasteiger partial charge in [0, 0.05) is 29.1 Å². The molecule has 4 nitrogen and oxygen atoms in total. The summed E-state index contributed by atoms with van der Waals surface area (Å²) >= 11 is 0. The smallest absolute Gasteiger partial charge is 0.138 e. The molecule has 3 atom stereocenters. The average molecular weight is 347 g/mol. The fraction of sp³-hybridized carbons (Fsp3) is 0.667. The third kappa shape index (κ3) is 7.47. The molecule has 0 aliphatic carbocycles. The molecule has 0 bridgehead atoms. The standard InChI is InChI=1S/C21H34N2O2/c1-14-10-19(12-16(3)18(5)24)23-20(11-14)13-17(4)21(25)15(2)8-7-9-22-6/h10-11,15-17,22H,7-9,12-13H2,1-6H3. The fourth-order valence-electron chi connectivity index (χ4n) is 3.11. The summed E-state index contributed by atoms with van der Waals surface area (Å²) in [5.41, 5.74) is 3.03. The second-order valence-electron chi connectivity index (χ2n) is 7.50. The first-order valence-corrected chi connectivity index (χ1v) is 9.39. The lowest BCUT2D eigenvalue weighted by atomic mass is 9.88. The van der Waals surface area contributed by atoms with Gasteiger partial charge in [0.15, 0.2) is 0 Å². The number of aryl methyl sites for hydroxylation is 1. The van der Waals surface area contributed by atoms with Crippen LogP contribution in [0.5, 0.6) is 0 Å². The second-order valence-corrected chi connectivity index (χ2v) is 7.50. The Bertz CT molecular complexity index is 583. The van der Waals surface area contributed by atoms with Crippen LogP contribution >= 0.6 is 0 Å². The SMILES string of the molecule is CNCCCC(C)C(=O)C(C)Cc1cc(C)cc(CC(C)C(C)=O)n1. The van der Waals surface area contributed by atoms with Gasteiger partial charge in [0.2, 0.25) is 0 Å². The van der Waals surface area contributed by atoms with Crippen molar-refractivity contribution in [1.82, 2.24) is 10.3 Å². The maximum absolute atomic E-state index is 12.6. The highest BCUT2D eigenvalue weighted by atomic mass is 16.1. The van der Waals surface area contributed by atoms with E-state index in [1.165, 1.54) is 0 Å². The van der Waals surface area contributed by atoms with E-state index in [1.54, 1.807) is 6.92 Å². The van der Waals surface area contributed by atoms with E-state index in [1.807, 2.05) is 40.8 Å². The van der Waals surface area contributed by atoms with Gasteiger partial charge in [-0.15, -0.1) is 0 Å². The number of hydrogen-bond donors (Lipinski definition) is 1. The molecule has 25 heavy (non-hydrogen) atoms. The number of pyridine rings is 1. The van der Waals surface area contributed by atoms with Crippen molar-refractivity contribution in [2.45, 2.75) is 60.3 Å². The van der Waals surface area contributed by atoms with E-state index in [-0.39, 0.29) is 23.5 Å². The first-order valence-electron chi connectivity index (χ1n) is 9.39. The molecule has 0 aliphatic heterocycles. The molecular weight excluding hydrogens is 312 g/mol. The number of nitrogens with zero attached hydrogens (tertiary/aromatic N) is 1. The van der Waals surface area contributed by atoms with Gasteiger partial charge in [-0.3, -0.25) is 14.6 Å². The van der Waals surface area contributed by atoms with Gasteiger partial charge in [-0.25, -0.2) is 0 Å². The summed E-state index contributed by atoms with van der Waals surface area (Å²) in [6.45, 7) is 10.6. The number of carbonyl (C=O) groups is 2. The Hall–Kier alpha value is -1.55. The number of carbonyl (C=O) groups excluding carboxylic acids is 2. The van der Waals surface area contributed by atoms with Crippen LogP contribution in [0.15, 0.2) is 12.1 Å². The predicted octanol–water partition coefficient (Wildman–Crippen LogP) is 3.54. The molecule has 3 unspecified atom stereocenters. The lowest BCUT2D eigenvalue weighted by Gasteiger charge is -2.17. The molecule has 1 aromatic heterocycles. The highest BCUT2D eigenvalue weighted by molar-refractivity contribution is 5.83. The Kier molecular flexibility index (Phi) is 8.98. The maximum atomic E-state index is 12.6. The third-order valence-corrected chi connectivity index (χ3v) is 4.84. The van der Waals surface area contributed by atoms with E-state index in [2.05, 4.69) is 11.4 Å². The molecule has 0 radical (unpaired) electrons. The molecule has 0 fully saturated rings. The van der Waals surface area contributed by atoms with Gasteiger partial charge in [0.1, 0.15) is 11.6 Å². The molecular formula is C21H34N2O2. The van der Waals surface area contributed by atoms with Gasteiger partial charge in [0.25, 0.3) is 0 Å². The molecule has 0 spiro atoms. The van der Waals surface area contributed by atoms with Crippen molar-refractivity contribution in [2.75, 3.05) is 13.6 Å². The highest BCUT2D eigenvalue weighted by Gasteiger charge is 2.21. The van der Waals surface area contributed by atoms with Gasteiger partial charge in [-0.2, -0.15) is 0 Å². The van der Waals surface area contributed by atoms with Gasteiger partial charge in [-0.05, 0) is 70.8 Å². The molecule has 0 saturated carbocycles. The highest BCUT2D eigenvalue weighted by Crippen LogP contribution is 2.18. The van der Waals surface area contributed by atoms with Crippen LogP contribution in [0, 0.1) is 24.7 Å². The van der Waals surface area contributed by atoms with E-state index in [0.29, 0.717) is 18.6 Å². The maximum Gasteiger partial charge on any atom is 0.138 e. The zero-order valence-electron chi connectivity index (χ0n) is 16.7. The van der Waals surface area contributed by atoms with E-state index >= 15 is 0 Å². The van der Waals surface area contributed by atoms with Crippen molar-refractivity contribution in [1.29, 1.82) is 0 Å². The Balaban J connectivity index is 2.72. The topological polar surface area (TPSA) is 59.1 Å². The molecule has 1 heterocycles. The minimum absolute atomic E-state index is 0.0200. The van der Waals surface area contributed by atoms with E-state index < -0.39 is 0 Å². The second kappa shape index (κ2) is 10.4. The summed E-state index contributed by atoms with van der Waals surface area (Å²) in [4.78, 5) is 28.8. The lowest BCUT2D eigenvalue weighted by Crippen LogP contribution is -2.23. The molecule has 1 N–H and O–H groups in total. The normalized spacial score (nSPS) is 14.8. The van der Waals surface area contributed by atoms with Crippen molar-refractivity contribution in [3.05, 3.63) is 29.1 Å². The Morgan fingerprint density at radius 2 is 1.60 bits per heavy atom. The van der Waals surface area contributed by atoms with Crippen LogP contribution in [0.2, 0.25) is 0 Å². The van der Waals surface area contributed by atoms with Crippen LogP contribution in [0.3, 0.4) is 0 Å². The van der Waals surface area contributed by atoms with Crippen LogP contribution in [-0.4, -0.2) is 30.1 Å². The summed E-state index contributed by atoms with van der Waals surface area (Å²) in [7, 11) is 1.93. The van der Waals surface area contributed by atoms with E-state index in [9.17, 15) is 9.59 Å². The average Bonchev–Trinajstić information content (AvgIpc) is 2.53. The zero-order valence-corrected chi connectivity index (χ0v) is 16.7. The van der Waals surface area contributed by atoms with Crippen LogP contribution in [0.4, 0.5) is 0 Å². The molecule has 0 saturated heterocycles. The number of hydrogen-bond acceptors (Lipinski definition) is 4. The van der Waals surface area contributed by atoms with E-state index in [4.69, 9.17) is 4.98 Å². The molecule has 1 aromatic rings.